The molecule has 0 spiro atoms. The van der Waals surface area contributed by atoms with Crippen LogP contribution in [-0.2, 0) is 4.74 Å². The molecule has 0 aromatic carbocycles. The van der Waals surface area contributed by atoms with Gasteiger partial charge in [0, 0.05) is 12.4 Å². The molecule has 0 fully saturated rings. The van der Waals surface area contributed by atoms with Gasteiger partial charge in [-0.05, 0) is 44.5 Å². The Kier molecular flexibility index (Phi) is 5.24. The molecule has 3 aromatic rings. The molecule has 10 heteroatoms. The van der Waals surface area contributed by atoms with Crippen LogP contribution in [0, 0.1) is 0 Å². The van der Waals surface area contributed by atoms with Crippen LogP contribution in [0.15, 0.2) is 35.2 Å². The summed E-state index contributed by atoms with van der Waals surface area (Å²) in [4.78, 5) is 37.1. The Hall–Kier alpha value is -2.78. The van der Waals surface area contributed by atoms with Crippen LogP contribution in [0.1, 0.15) is 36.0 Å². The Morgan fingerprint density at radius 2 is 1.96 bits per heavy atom. The van der Waals surface area contributed by atoms with Crippen LogP contribution < -0.4 is 5.32 Å². The summed E-state index contributed by atoms with van der Waals surface area (Å²) in [7, 11) is 0. The molecule has 0 aliphatic rings. The van der Waals surface area contributed by atoms with Crippen molar-refractivity contribution < 1.29 is 18.7 Å². The fourth-order valence-corrected chi connectivity index (χ4v) is 3.08. The minimum absolute atomic E-state index is 0.0365. The molecule has 0 aliphatic carbocycles. The van der Waals surface area contributed by atoms with Gasteiger partial charge in [0.1, 0.15) is 16.2 Å². The number of ketones is 1. The number of aromatic nitrogens is 3. The summed E-state index contributed by atoms with van der Waals surface area (Å²) in [6.07, 6.45) is 3.44. The largest absolute Gasteiger partial charge is 0.463 e. The zero-order chi connectivity index (χ0) is 19.6. The van der Waals surface area contributed by atoms with Crippen LogP contribution in [-0.4, -0.2) is 32.4 Å². The van der Waals surface area contributed by atoms with E-state index >= 15 is 0 Å². The molecule has 27 heavy (non-hydrogen) atoms. The van der Waals surface area contributed by atoms with E-state index in [1.165, 1.54) is 18.7 Å². The topological polar surface area (TPSA) is 107 Å². The van der Waals surface area contributed by atoms with E-state index < -0.39 is 11.7 Å². The van der Waals surface area contributed by atoms with E-state index in [4.69, 9.17) is 20.8 Å². The number of hydrogen-bond donors (Lipinski definition) is 1. The molecule has 8 nitrogen and oxygen atoms in total. The van der Waals surface area contributed by atoms with E-state index in [2.05, 4.69) is 20.3 Å². The van der Waals surface area contributed by atoms with E-state index in [0.29, 0.717) is 11.5 Å². The molecule has 0 unspecified atom stereocenters. The number of furan rings is 1. The van der Waals surface area contributed by atoms with E-state index in [1.54, 1.807) is 32.9 Å². The molecular weight excluding hydrogens is 392 g/mol. The first kappa shape index (κ1) is 19.0. The third kappa shape index (κ3) is 4.69. The number of halogens is 1. The van der Waals surface area contributed by atoms with Crippen molar-refractivity contribution in [2.75, 3.05) is 5.32 Å². The van der Waals surface area contributed by atoms with Crippen LogP contribution in [0.5, 0.6) is 0 Å². The molecule has 140 valence electrons. The highest BCUT2D eigenvalue weighted by molar-refractivity contribution is 7.18. The van der Waals surface area contributed by atoms with Gasteiger partial charge in [-0.15, -0.1) is 0 Å². The van der Waals surface area contributed by atoms with Gasteiger partial charge >= 0.3 is 6.09 Å². The molecule has 3 rings (SSSR count). The van der Waals surface area contributed by atoms with Crippen LogP contribution in [0.25, 0.3) is 11.5 Å². The maximum absolute atomic E-state index is 12.9. The Labute approximate surface area is 163 Å². The summed E-state index contributed by atoms with van der Waals surface area (Å²) in [6, 6.07) is 3.34. The van der Waals surface area contributed by atoms with Gasteiger partial charge in [-0.2, -0.15) is 0 Å². The molecule has 0 saturated carbocycles. The summed E-state index contributed by atoms with van der Waals surface area (Å²) < 4.78 is 10.6. The highest BCUT2D eigenvalue weighted by Gasteiger charge is 2.25. The molecular formula is C17H15ClN4O4S. The van der Waals surface area contributed by atoms with Crippen molar-refractivity contribution in [3.8, 4) is 11.5 Å². The molecule has 1 N–H and O–H groups in total. The molecule has 3 aromatic heterocycles. The number of hydrogen-bond acceptors (Lipinski definition) is 8. The average molecular weight is 407 g/mol. The Balaban J connectivity index is 1.94. The SMILES string of the molecule is CC(C)(C)OC(=O)Nc1nc(-c2ccco2)c(C(=O)c2cnc(Cl)nc2)s1. The van der Waals surface area contributed by atoms with Crippen LogP contribution in [0.4, 0.5) is 9.93 Å². The van der Waals surface area contributed by atoms with Gasteiger partial charge in [0.05, 0.1) is 11.8 Å². The average Bonchev–Trinajstić information content (AvgIpc) is 3.22. The second kappa shape index (κ2) is 7.45. The summed E-state index contributed by atoms with van der Waals surface area (Å²) in [5.74, 6) is 0.0227. The Morgan fingerprint density at radius 3 is 2.56 bits per heavy atom. The Bertz CT molecular complexity index is 962. The zero-order valence-corrected chi connectivity index (χ0v) is 16.2. The third-order valence-corrected chi connectivity index (χ3v) is 4.24. The standard InChI is InChI=1S/C17H15ClN4O4S/c1-17(2,3)26-16(24)22-15-21-11(10-5-4-6-25-10)13(27-15)12(23)9-7-19-14(18)20-8-9/h4-8H,1-3H3,(H,21,22,24). The molecule has 0 bridgehead atoms. The van der Waals surface area contributed by atoms with Crippen molar-refractivity contribution in [1.82, 2.24) is 15.0 Å². The van der Waals surface area contributed by atoms with Crippen LogP contribution >= 0.6 is 22.9 Å². The van der Waals surface area contributed by atoms with Crippen LogP contribution in [0.3, 0.4) is 0 Å². The zero-order valence-electron chi connectivity index (χ0n) is 14.6. The normalized spacial score (nSPS) is 11.3. The van der Waals surface area contributed by atoms with Crippen molar-refractivity contribution in [3.05, 3.63) is 46.5 Å². The summed E-state index contributed by atoms with van der Waals surface area (Å²) in [5.41, 5.74) is -0.125. The second-order valence-corrected chi connectivity index (χ2v) is 7.71. The number of rotatable bonds is 4. The van der Waals surface area contributed by atoms with Crippen molar-refractivity contribution in [1.29, 1.82) is 0 Å². The van der Waals surface area contributed by atoms with E-state index in [-0.39, 0.29) is 26.6 Å². The van der Waals surface area contributed by atoms with E-state index in [9.17, 15) is 9.59 Å². The quantitative estimate of drug-likeness (QED) is 0.504. The monoisotopic (exact) mass is 406 g/mol. The lowest BCUT2D eigenvalue weighted by Crippen LogP contribution is -2.27. The predicted octanol–water partition coefficient (Wildman–Crippen LogP) is 4.42. The third-order valence-electron chi connectivity index (χ3n) is 3.08. The first-order valence-electron chi connectivity index (χ1n) is 7.80. The first-order chi connectivity index (χ1) is 12.7. The lowest BCUT2D eigenvalue weighted by Gasteiger charge is -2.18. The smallest absolute Gasteiger partial charge is 0.413 e. The number of amides is 1. The molecule has 0 aliphatic heterocycles. The lowest BCUT2D eigenvalue weighted by molar-refractivity contribution is 0.0635. The maximum Gasteiger partial charge on any atom is 0.413 e. The van der Waals surface area contributed by atoms with Crippen molar-refractivity contribution in [3.63, 3.8) is 0 Å². The number of thiazole rings is 1. The summed E-state index contributed by atoms with van der Waals surface area (Å²) >= 11 is 6.67. The summed E-state index contributed by atoms with van der Waals surface area (Å²) in [5, 5.41) is 2.78. The fourth-order valence-electron chi connectivity index (χ4n) is 2.06. The van der Waals surface area contributed by atoms with Crippen molar-refractivity contribution >= 4 is 39.9 Å². The van der Waals surface area contributed by atoms with E-state index in [0.717, 1.165) is 11.3 Å². The minimum Gasteiger partial charge on any atom is -0.463 e. The van der Waals surface area contributed by atoms with E-state index in [1.807, 2.05) is 0 Å². The van der Waals surface area contributed by atoms with Gasteiger partial charge in [-0.3, -0.25) is 10.1 Å². The van der Waals surface area contributed by atoms with Gasteiger partial charge in [-0.1, -0.05) is 11.3 Å². The highest BCUT2D eigenvalue weighted by Crippen LogP contribution is 2.33. The van der Waals surface area contributed by atoms with Gasteiger partial charge in [0.15, 0.2) is 10.9 Å². The molecule has 0 saturated heterocycles. The highest BCUT2D eigenvalue weighted by atomic mass is 35.5. The Morgan fingerprint density at radius 1 is 1.26 bits per heavy atom. The maximum atomic E-state index is 12.9. The minimum atomic E-state index is -0.670. The number of ether oxygens (including phenoxy) is 1. The van der Waals surface area contributed by atoms with Gasteiger partial charge in [0.2, 0.25) is 11.1 Å². The predicted molar refractivity (Wildman–Crippen MR) is 100 cm³/mol. The molecule has 1 amide bonds. The molecule has 0 atom stereocenters. The number of carbonyl (C=O) groups excluding carboxylic acids is 2. The van der Waals surface area contributed by atoms with Gasteiger partial charge in [-0.25, -0.2) is 19.7 Å². The molecule has 0 radical (unpaired) electrons. The fraction of sp³-hybridized carbons (Fsp3) is 0.235. The first-order valence-corrected chi connectivity index (χ1v) is 8.99. The number of anilines is 1. The number of nitrogens with zero attached hydrogens (tertiary/aromatic N) is 3. The number of nitrogens with one attached hydrogen (secondary N) is 1. The van der Waals surface area contributed by atoms with Crippen molar-refractivity contribution in [2.24, 2.45) is 0 Å². The summed E-state index contributed by atoms with van der Waals surface area (Å²) in [6.45, 7) is 5.24. The van der Waals surface area contributed by atoms with Crippen LogP contribution in [0.2, 0.25) is 5.28 Å². The molecule has 3 heterocycles. The second-order valence-electron chi connectivity index (χ2n) is 6.37. The lowest BCUT2D eigenvalue weighted by atomic mass is 10.1. The van der Waals surface area contributed by atoms with Gasteiger partial charge in [0.25, 0.3) is 0 Å². The van der Waals surface area contributed by atoms with Crippen molar-refractivity contribution in [2.45, 2.75) is 26.4 Å². The van der Waals surface area contributed by atoms with Gasteiger partial charge < -0.3 is 9.15 Å². The number of carbonyl (C=O) groups is 2.